The molecular formula is C15H20N4O2S. The van der Waals surface area contributed by atoms with Gasteiger partial charge in [0, 0.05) is 30.4 Å². The van der Waals surface area contributed by atoms with Crippen LogP contribution in [0, 0.1) is 0 Å². The Balaban J connectivity index is 1.43. The fourth-order valence-corrected chi connectivity index (χ4v) is 3.64. The highest BCUT2D eigenvalue weighted by Crippen LogP contribution is 2.38. The second-order valence-electron chi connectivity index (χ2n) is 5.79. The van der Waals surface area contributed by atoms with Gasteiger partial charge in [-0.3, -0.25) is 4.90 Å². The van der Waals surface area contributed by atoms with E-state index in [9.17, 15) is 0 Å². The molecule has 0 bridgehead atoms. The van der Waals surface area contributed by atoms with E-state index < -0.39 is 0 Å². The zero-order valence-corrected chi connectivity index (χ0v) is 13.2. The minimum Gasteiger partial charge on any atom is -0.379 e. The smallest absolute Gasteiger partial charge is 0.321 e. The Bertz CT molecular complexity index is 590. The Morgan fingerprint density at radius 3 is 2.95 bits per heavy atom. The van der Waals surface area contributed by atoms with Gasteiger partial charge in [-0.05, 0) is 24.3 Å². The van der Waals surface area contributed by atoms with Crippen LogP contribution >= 0.6 is 11.3 Å². The fraction of sp³-hybridized carbons (Fsp3) is 0.600. The highest BCUT2D eigenvalue weighted by atomic mass is 32.1. The van der Waals surface area contributed by atoms with Crippen LogP contribution < -0.4 is 5.32 Å². The van der Waals surface area contributed by atoms with Gasteiger partial charge in [0.05, 0.1) is 19.3 Å². The topological polar surface area (TPSA) is 63.4 Å². The second kappa shape index (κ2) is 6.36. The minimum atomic E-state index is 0.320. The number of aromatic nitrogens is 2. The van der Waals surface area contributed by atoms with Crippen LogP contribution in [0.3, 0.4) is 0 Å². The summed E-state index contributed by atoms with van der Waals surface area (Å²) in [5.41, 5.74) is 0. The van der Waals surface area contributed by atoms with Gasteiger partial charge in [0.15, 0.2) is 5.82 Å². The molecule has 2 aliphatic rings. The highest BCUT2D eigenvalue weighted by Gasteiger charge is 2.29. The first-order valence-electron chi connectivity index (χ1n) is 7.83. The summed E-state index contributed by atoms with van der Waals surface area (Å²) in [6.07, 6.45) is 2.37. The van der Waals surface area contributed by atoms with Crippen molar-refractivity contribution in [3.8, 4) is 0 Å². The van der Waals surface area contributed by atoms with Crippen LogP contribution in [-0.4, -0.2) is 47.9 Å². The minimum absolute atomic E-state index is 0.320. The van der Waals surface area contributed by atoms with Gasteiger partial charge in [0.2, 0.25) is 0 Å². The molecule has 0 spiro atoms. The van der Waals surface area contributed by atoms with Gasteiger partial charge in [0.25, 0.3) is 0 Å². The summed E-state index contributed by atoms with van der Waals surface area (Å²) >= 11 is 1.79. The number of anilines is 1. The number of nitrogens with zero attached hydrogens (tertiary/aromatic N) is 3. The Labute approximate surface area is 133 Å². The molecule has 1 aliphatic carbocycles. The Morgan fingerprint density at radius 1 is 1.36 bits per heavy atom. The molecule has 0 unspecified atom stereocenters. The molecule has 2 aromatic heterocycles. The average Bonchev–Trinajstić information content (AvgIpc) is 3.08. The van der Waals surface area contributed by atoms with Crippen LogP contribution in [0.25, 0.3) is 0 Å². The third-order valence-corrected chi connectivity index (χ3v) is 5.16. The molecule has 0 amide bonds. The molecular weight excluding hydrogens is 300 g/mol. The maximum atomic E-state index is 5.47. The molecule has 1 aliphatic heterocycles. The van der Waals surface area contributed by atoms with E-state index in [0.29, 0.717) is 18.0 Å². The lowest BCUT2D eigenvalue weighted by Gasteiger charge is -2.33. The number of nitrogens with one attached hydrogen (secondary N) is 1. The zero-order chi connectivity index (χ0) is 14.8. The molecule has 1 N–H and O–H groups in total. The van der Waals surface area contributed by atoms with Gasteiger partial charge >= 0.3 is 6.01 Å². The molecule has 4 rings (SSSR count). The maximum absolute atomic E-state index is 5.47. The molecule has 6 nitrogen and oxygen atoms in total. The molecule has 0 radical (unpaired) electrons. The SMILES string of the molecule is c1csc([C@H](CNc2nc(C3CC3)no2)N2CCOCC2)c1. The predicted octanol–water partition coefficient (Wildman–Crippen LogP) is 2.49. The van der Waals surface area contributed by atoms with Gasteiger partial charge in [-0.1, -0.05) is 11.2 Å². The number of hydrogen-bond acceptors (Lipinski definition) is 7. The molecule has 22 heavy (non-hydrogen) atoms. The van der Waals surface area contributed by atoms with E-state index in [1.54, 1.807) is 11.3 Å². The summed E-state index contributed by atoms with van der Waals surface area (Å²) < 4.78 is 10.8. The standard InChI is InChI=1S/C15H20N4O2S/c1-2-13(22-9-1)12(19-5-7-20-8-6-19)10-16-15-17-14(18-21-15)11-3-4-11/h1-2,9,11-12H,3-8,10H2,(H,16,17,18)/t12-/m0/s1. The monoisotopic (exact) mass is 320 g/mol. The van der Waals surface area contributed by atoms with E-state index >= 15 is 0 Å². The Hall–Kier alpha value is -1.44. The summed E-state index contributed by atoms with van der Waals surface area (Å²) in [5, 5.41) is 9.49. The number of rotatable bonds is 6. The summed E-state index contributed by atoms with van der Waals surface area (Å²) in [6.45, 7) is 4.29. The van der Waals surface area contributed by atoms with Crippen molar-refractivity contribution in [2.75, 3.05) is 38.2 Å². The number of hydrogen-bond donors (Lipinski definition) is 1. The van der Waals surface area contributed by atoms with E-state index in [4.69, 9.17) is 9.26 Å². The van der Waals surface area contributed by atoms with Crippen LogP contribution in [0.15, 0.2) is 22.0 Å². The summed E-state index contributed by atoms with van der Waals surface area (Å²) in [6, 6.07) is 5.15. The molecule has 2 fully saturated rings. The first-order chi connectivity index (χ1) is 10.9. The highest BCUT2D eigenvalue weighted by molar-refractivity contribution is 7.10. The van der Waals surface area contributed by atoms with Crippen molar-refractivity contribution >= 4 is 17.4 Å². The lowest BCUT2D eigenvalue weighted by molar-refractivity contribution is 0.0193. The molecule has 1 atom stereocenters. The van der Waals surface area contributed by atoms with E-state index in [1.807, 2.05) is 0 Å². The van der Waals surface area contributed by atoms with Crippen molar-refractivity contribution in [2.24, 2.45) is 0 Å². The van der Waals surface area contributed by atoms with Crippen LogP contribution in [0.4, 0.5) is 6.01 Å². The second-order valence-corrected chi connectivity index (χ2v) is 6.77. The van der Waals surface area contributed by atoms with Gasteiger partial charge < -0.3 is 14.6 Å². The van der Waals surface area contributed by atoms with E-state index in [1.165, 1.54) is 17.7 Å². The lowest BCUT2D eigenvalue weighted by Crippen LogP contribution is -2.41. The summed E-state index contributed by atoms with van der Waals surface area (Å²) in [7, 11) is 0. The fourth-order valence-electron chi connectivity index (χ4n) is 2.78. The molecule has 118 valence electrons. The van der Waals surface area contributed by atoms with Gasteiger partial charge in [-0.15, -0.1) is 11.3 Å². The van der Waals surface area contributed by atoms with Crippen LogP contribution in [-0.2, 0) is 4.74 Å². The maximum Gasteiger partial charge on any atom is 0.321 e. The predicted molar refractivity (Wildman–Crippen MR) is 84.2 cm³/mol. The average molecular weight is 320 g/mol. The molecule has 1 saturated carbocycles. The van der Waals surface area contributed by atoms with Gasteiger partial charge in [-0.2, -0.15) is 4.98 Å². The van der Waals surface area contributed by atoms with Gasteiger partial charge in [0.1, 0.15) is 0 Å². The number of thiophene rings is 1. The van der Waals surface area contributed by atoms with Crippen molar-refractivity contribution in [1.82, 2.24) is 15.0 Å². The van der Waals surface area contributed by atoms with E-state index in [-0.39, 0.29) is 0 Å². The molecule has 1 saturated heterocycles. The van der Waals surface area contributed by atoms with Crippen molar-refractivity contribution in [3.63, 3.8) is 0 Å². The van der Waals surface area contributed by atoms with Crippen molar-refractivity contribution < 1.29 is 9.26 Å². The lowest BCUT2D eigenvalue weighted by atomic mass is 10.2. The van der Waals surface area contributed by atoms with Crippen LogP contribution in [0.2, 0.25) is 0 Å². The van der Waals surface area contributed by atoms with Crippen LogP contribution in [0.5, 0.6) is 0 Å². The van der Waals surface area contributed by atoms with Crippen molar-refractivity contribution in [2.45, 2.75) is 24.8 Å². The third kappa shape index (κ3) is 3.16. The molecule has 3 heterocycles. The molecule has 7 heteroatoms. The van der Waals surface area contributed by atoms with Crippen molar-refractivity contribution in [3.05, 3.63) is 28.2 Å². The Morgan fingerprint density at radius 2 is 2.23 bits per heavy atom. The van der Waals surface area contributed by atoms with Gasteiger partial charge in [-0.25, -0.2) is 0 Å². The quantitative estimate of drug-likeness (QED) is 0.882. The first kappa shape index (κ1) is 14.2. The molecule has 2 aromatic rings. The summed E-state index contributed by atoms with van der Waals surface area (Å²) in [5.74, 6) is 1.37. The molecule has 0 aromatic carbocycles. The Kier molecular flexibility index (Phi) is 4.09. The number of ether oxygens (including phenoxy) is 1. The number of morpholine rings is 1. The van der Waals surface area contributed by atoms with E-state index in [0.717, 1.165) is 38.7 Å². The third-order valence-electron chi connectivity index (χ3n) is 4.19. The van der Waals surface area contributed by atoms with E-state index in [2.05, 4.69) is 37.9 Å². The van der Waals surface area contributed by atoms with Crippen LogP contribution in [0.1, 0.15) is 35.5 Å². The zero-order valence-electron chi connectivity index (χ0n) is 12.4. The van der Waals surface area contributed by atoms with Crippen molar-refractivity contribution in [1.29, 1.82) is 0 Å². The first-order valence-corrected chi connectivity index (χ1v) is 8.71. The normalized spacial score (nSPS) is 20.9. The largest absolute Gasteiger partial charge is 0.379 e. The summed E-state index contributed by atoms with van der Waals surface area (Å²) in [4.78, 5) is 8.26.